The van der Waals surface area contributed by atoms with Crippen molar-refractivity contribution in [1.29, 1.82) is 0 Å². The second-order valence-electron chi connectivity index (χ2n) is 6.42. The van der Waals surface area contributed by atoms with Gasteiger partial charge in [0.05, 0.1) is 5.56 Å². The molecule has 0 unspecified atom stereocenters. The number of nitrogens with zero attached hydrogens (tertiary/aromatic N) is 1. The maximum Gasteiger partial charge on any atom is 0.256 e. The van der Waals surface area contributed by atoms with Crippen LogP contribution in [0.2, 0.25) is 0 Å². The van der Waals surface area contributed by atoms with Crippen LogP contribution in [0.4, 0.5) is 10.1 Å². The van der Waals surface area contributed by atoms with Crippen LogP contribution >= 0.6 is 0 Å². The van der Waals surface area contributed by atoms with E-state index in [0.29, 0.717) is 30.6 Å². The molecular formula is C17H22FN3O2. The third-order valence-corrected chi connectivity index (χ3v) is 4.82. The number of benzene rings is 1. The molecule has 5 nitrogen and oxygen atoms in total. The highest BCUT2D eigenvalue weighted by atomic mass is 19.1. The second-order valence-corrected chi connectivity index (χ2v) is 6.42. The molecule has 3 rings (SSSR count). The first-order valence-corrected chi connectivity index (χ1v) is 8.11. The molecule has 0 radical (unpaired) electrons. The molecule has 0 aliphatic carbocycles. The maximum absolute atomic E-state index is 14.1. The molecule has 0 spiro atoms. The summed E-state index contributed by atoms with van der Waals surface area (Å²) in [5.41, 5.74) is 0.472. The van der Waals surface area contributed by atoms with E-state index in [-0.39, 0.29) is 17.4 Å². The summed E-state index contributed by atoms with van der Waals surface area (Å²) >= 11 is 0. The summed E-state index contributed by atoms with van der Waals surface area (Å²) in [6, 6.07) is 4.12. The third-order valence-electron chi connectivity index (χ3n) is 4.82. The summed E-state index contributed by atoms with van der Waals surface area (Å²) in [5.74, 6) is 0.148. The van der Waals surface area contributed by atoms with Crippen LogP contribution in [0.3, 0.4) is 0 Å². The van der Waals surface area contributed by atoms with Gasteiger partial charge in [-0.05, 0) is 56.0 Å². The molecule has 2 N–H and O–H groups in total. The highest BCUT2D eigenvalue weighted by Crippen LogP contribution is 2.28. The zero-order chi connectivity index (χ0) is 16.4. The molecule has 0 saturated carbocycles. The Hall–Kier alpha value is -1.95. The Morgan fingerprint density at radius 2 is 1.87 bits per heavy atom. The van der Waals surface area contributed by atoms with Crippen LogP contribution in [-0.4, -0.2) is 42.9 Å². The Kier molecular flexibility index (Phi) is 4.61. The number of amides is 2. The minimum absolute atomic E-state index is 0.0291. The van der Waals surface area contributed by atoms with Crippen molar-refractivity contribution in [3.8, 4) is 0 Å². The predicted octanol–water partition coefficient (Wildman–Crippen LogP) is 1.86. The maximum atomic E-state index is 14.1. The van der Waals surface area contributed by atoms with Gasteiger partial charge in [0.2, 0.25) is 5.91 Å². The second kappa shape index (κ2) is 6.66. The van der Waals surface area contributed by atoms with Crippen molar-refractivity contribution < 1.29 is 14.0 Å². The Morgan fingerprint density at radius 1 is 1.22 bits per heavy atom. The molecule has 1 aromatic carbocycles. The van der Waals surface area contributed by atoms with E-state index < -0.39 is 5.82 Å². The molecule has 2 fully saturated rings. The summed E-state index contributed by atoms with van der Waals surface area (Å²) in [4.78, 5) is 25.6. The van der Waals surface area contributed by atoms with Crippen molar-refractivity contribution in [2.75, 3.05) is 31.5 Å². The molecule has 0 aromatic heterocycles. The number of carbonyl (C=O) groups is 2. The molecule has 2 atom stereocenters. The monoisotopic (exact) mass is 319 g/mol. The number of likely N-dealkylation sites (tertiary alicyclic amines) is 1. The molecule has 2 aliphatic heterocycles. The number of carbonyl (C=O) groups excluding carboxylic acids is 2. The Bertz CT molecular complexity index is 606. The molecule has 2 saturated heterocycles. The van der Waals surface area contributed by atoms with Crippen LogP contribution in [0.25, 0.3) is 0 Å². The van der Waals surface area contributed by atoms with Crippen molar-refractivity contribution in [1.82, 2.24) is 10.2 Å². The van der Waals surface area contributed by atoms with Crippen molar-refractivity contribution in [3.05, 3.63) is 29.6 Å². The fraction of sp³-hybridized carbons (Fsp3) is 0.529. The number of nitrogens with one attached hydrogen (secondary N) is 2. The van der Waals surface area contributed by atoms with E-state index in [2.05, 4.69) is 10.6 Å². The fourth-order valence-electron chi connectivity index (χ4n) is 3.56. The summed E-state index contributed by atoms with van der Waals surface area (Å²) in [6.07, 6.45) is 1.91. The van der Waals surface area contributed by atoms with Crippen molar-refractivity contribution in [3.63, 3.8) is 0 Å². The molecule has 6 heteroatoms. The van der Waals surface area contributed by atoms with Gasteiger partial charge in [0.25, 0.3) is 5.91 Å². The van der Waals surface area contributed by atoms with Gasteiger partial charge in [-0.1, -0.05) is 0 Å². The highest BCUT2D eigenvalue weighted by molar-refractivity contribution is 5.97. The SMILES string of the molecule is CC(=O)Nc1ccc(F)c(C(=O)N2CC[C@@H]3CNC[C@@H]3CC2)c1. The van der Waals surface area contributed by atoms with Gasteiger partial charge in [-0.15, -0.1) is 0 Å². The Labute approximate surface area is 135 Å². The molecule has 2 aliphatic rings. The molecular weight excluding hydrogens is 297 g/mol. The number of hydrogen-bond donors (Lipinski definition) is 2. The van der Waals surface area contributed by atoms with Gasteiger partial charge in [0.1, 0.15) is 5.82 Å². The average Bonchev–Trinajstić information content (AvgIpc) is 2.87. The first-order chi connectivity index (χ1) is 11.0. The summed E-state index contributed by atoms with van der Waals surface area (Å²) < 4.78 is 14.1. The quantitative estimate of drug-likeness (QED) is 0.874. The first-order valence-electron chi connectivity index (χ1n) is 8.11. The number of hydrogen-bond acceptors (Lipinski definition) is 3. The van der Waals surface area contributed by atoms with Crippen LogP contribution in [0, 0.1) is 17.7 Å². The van der Waals surface area contributed by atoms with Gasteiger partial charge < -0.3 is 15.5 Å². The van der Waals surface area contributed by atoms with Gasteiger partial charge in [0.15, 0.2) is 0 Å². The first kappa shape index (κ1) is 15.9. The van der Waals surface area contributed by atoms with E-state index in [1.807, 2.05) is 0 Å². The predicted molar refractivity (Wildman–Crippen MR) is 85.7 cm³/mol. The minimum Gasteiger partial charge on any atom is -0.339 e. The lowest BCUT2D eigenvalue weighted by Crippen LogP contribution is -2.33. The topological polar surface area (TPSA) is 61.4 Å². The molecule has 2 amide bonds. The van der Waals surface area contributed by atoms with Gasteiger partial charge >= 0.3 is 0 Å². The van der Waals surface area contributed by atoms with Crippen LogP contribution < -0.4 is 10.6 Å². The molecule has 124 valence electrons. The molecule has 0 bridgehead atoms. The van der Waals surface area contributed by atoms with Gasteiger partial charge in [0, 0.05) is 25.7 Å². The largest absolute Gasteiger partial charge is 0.339 e. The summed E-state index contributed by atoms with van der Waals surface area (Å²) in [5, 5.41) is 5.99. The van der Waals surface area contributed by atoms with Crippen molar-refractivity contribution >= 4 is 17.5 Å². The highest BCUT2D eigenvalue weighted by Gasteiger charge is 2.32. The van der Waals surface area contributed by atoms with E-state index in [0.717, 1.165) is 25.9 Å². The van der Waals surface area contributed by atoms with E-state index in [4.69, 9.17) is 0 Å². The van der Waals surface area contributed by atoms with Crippen molar-refractivity contribution in [2.24, 2.45) is 11.8 Å². The average molecular weight is 319 g/mol. The lowest BCUT2D eigenvalue weighted by atomic mass is 9.92. The zero-order valence-corrected chi connectivity index (χ0v) is 13.3. The van der Waals surface area contributed by atoms with Gasteiger partial charge in [-0.25, -0.2) is 4.39 Å². The Morgan fingerprint density at radius 3 is 2.48 bits per heavy atom. The number of fused-ring (bicyclic) bond motifs is 1. The van der Waals surface area contributed by atoms with Gasteiger partial charge in [-0.3, -0.25) is 9.59 Å². The third kappa shape index (κ3) is 3.52. The molecule has 1 aromatic rings. The van der Waals surface area contributed by atoms with E-state index in [9.17, 15) is 14.0 Å². The molecule has 2 heterocycles. The number of halogens is 1. The van der Waals surface area contributed by atoms with Crippen LogP contribution in [0.1, 0.15) is 30.1 Å². The van der Waals surface area contributed by atoms with Crippen LogP contribution in [0.15, 0.2) is 18.2 Å². The minimum atomic E-state index is -0.546. The zero-order valence-electron chi connectivity index (χ0n) is 13.3. The fourth-order valence-corrected chi connectivity index (χ4v) is 3.56. The summed E-state index contributed by atoms with van der Waals surface area (Å²) in [7, 11) is 0. The van der Waals surface area contributed by atoms with E-state index in [1.54, 1.807) is 4.90 Å². The number of rotatable bonds is 2. The van der Waals surface area contributed by atoms with E-state index >= 15 is 0 Å². The van der Waals surface area contributed by atoms with Crippen LogP contribution in [-0.2, 0) is 4.79 Å². The van der Waals surface area contributed by atoms with Crippen molar-refractivity contribution in [2.45, 2.75) is 19.8 Å². The smallest absolute Gasteiger partial charge is 0.256 e. The standard InChI is InChI=1S/C17H22FN3O2/c1-11(22)20-14-2-3-16(18)15(8-14)17(23)21-6-4-12-9-19-10-13(12)5-7-21/h2-3,8,12-13,19H,4-7,9-10H2,1H3,(H,20,22)/t12-,13+. The lowest BCUT2D eigenvalue weighted by molar-refractivity contribution is -0.114. The number of anilines is 1. The normalized spacial score (nSPS) is 24.0. The van der Waals surface area contributed by atoms with Gasteiger partial charge in [-0.2, -0.15) is 0 Å². The molecule has 23 heavy (non-hydrogen) atoms. The Balaban J connectivity index is 1.75. The summed E-state index contributed by atoms with van der Waals surface area (Å²) in [6.45, 7) is 4.72. The van der Waals surface area contributed by atoms with E-state index in [1.165, 1.54) is 25.1 Å². The van der Waals surface area contributed by atoms with Crippen LogP contribution in [0.5, 0.6) is 0 Å². The lowest BCUT2D eigenvalue weighted by Gasteiger charge is -2.21.